The third kappa shape index (κ3) is 5.12. The number of carbonyl (C=O) groups excluding carboxylic acids is 1. The van der Waals surface area contributed by atoms with Gasteiger partial charge in [-0.05, 0) is 30.5 Å². The zero-order valence-corrected chi connectivity index (χ0v) is 12.8. The highest BCUT2D eigenvalue weighted by Gasteiger charge is 2.02. The summed E-state index contributed by atoms with van der Waals surface area (Å²) in [5.41, 5.74) is 3.36. The molecule has 110 valence electrons. The van der Waals surface area contributed by atoms with E-state index >= 15 is 0 Å². The summed E-state index contributed by atoms with van der Waals surface area (Å²) in [5.74, 6) is 0. The minimum absolute atomic E-state index is 0.179. The van der Waals surface area contributed by atoms with Crippen LogP contribution in [0.15, 0.2) is 48.5 Å². The van der Waals surface area contributed by atoms with Gasteiger partial charge in [-0.25, -0.2) is 4.79 Å². The smallest absolute Gasteiger partial charge is 0.315 e. The molecule has 2 N–H and O–H groups in total. The van der Waals surface area contributed by atoms with Crippen molar-refractivity contribution in [2.24, 2.45) is 0 Å². The van der Waals surface area contributed by atoms with Crippen LogP contribution in [-0.4, -0.2) is 12.6 Å². The van der Waals surface area contributed by atoms with Gasteiger partial charge in [0.2, 0.25) is 0 Å². The number of urea groups is 1. The average Bonchev–Trinajstić information content (AvgIpc) is 2.48. The molecule has 3 nitrogen and oxygen atoms in total. The summed E-state index contributed by atoms with van der Waals surface area (Å²) < 4.78 is 0. The molecule has 4 heteroatoms. The van der Waals surface area contributed by atoms with E-state index in [9.17, 15) is 4.79 Å². The Kier molecular flexibility index (Phi) is 5.64. The van der Waals surface area contributed by atoms with Crippen molar-refractivity contribution in [1.82, 2.24) is 10.6 Å². The molecule has 0 spiro atoms. The molecule has 2 amide bonds. The number of halogens is 1. The molecule has 0 bridgehead atoms. The Labute approximate surface area is 130 Å². The summed E-state index contributed by atoms with van der Waals surface area (Å²) in [4.78, 5) is 11.7. The first-order chi connectivity index (χ1) is 10.1. The molecule has 0 saturated heterocycles. The van der Waals surface area contributed by atoms with Crippen LogP contribution in [0.25, 0.3) is 0 Å². The Morgan fingerprint density at radius 1 is 1.05 bits per heavy atom. The molecular weight excluding hydrogens is 284 g/mol. The van der Waals surface area contributed by atoms with Crippen molar-refractivity contribution >= 4 is 17.6 Å². The number of carbonyl (C=O) groups is 1. The van der Waals surface area contributed by atoms with Gasteiger partial charge in [0.15, 0.2) is 0 Å². The fraction of sp³-hybridized carbons (Fsp3) is 0.235. The summed E-state index contributed by atoms with van der Waals surface area (Å²) >= 11 is 6.03. The second-order valence-corrected chi connectivity index (χ2v) is 5.34. The van der Waals surface area contributed by atoms with Gasteiger partial charge in [-0.3, -0.25) is 0 Å². The van der Waals surface area contributed by atoms with Crippen LogP contribution in [-0.2, 0) is 13.0 Å². The van der Waals surface area contributed by atoms with Crippen LogP contribution in [0, 0.1) is 6.92 Å². The fourth-order valence-corrected chi connectivity index (χ4v) is 2.16. The molecule has 2 aromatic carbocycles. The van der Waals surface area contributed by atoms with Crippen molar-refractivity contribution in [2.75, 3.05) is 6.54 Å². The van der Waals surface area contributed by atoms with E-state index in [-0.39, 0.29) is 6.03 Å². The third-order valence-corrected chi connectivity index (χ3v) is 3.59. The molecule has 2 rings (SSSR count). The predicted octanol–water partition coefficient (Wildman–Crippen LogP) is 3.69. The number of rotatable bonds is 5. The SMILES string of the molecule is Cc1ccc(CCNC(=O)NCc2ccccc2Cl)cc1. The number of hydrogen-bond acceptors (Lipinski definition) is 1. The van der Waals surface area contributed by atoms with Crippen molar-refractivity contribution in [3.63, 3.8) is 0 Å². The summed E-state index contributed by atoms with van der Waals surface area (Å²) in [6.07, 6.45) is 0.819. The highest BCUT2D eigenvalue weighted by Crippen LogP contribution is 2.14. The molecule has 0 radical (unpaired) electrons. The van der Waals surface area contributed by atoms with Gasteiger partial charge in [0.1, 0.15) is 0 Å². The monoisotopic (exact) mass is 302 g/mol. The van der Waals surface area contributed by atoms with Crippen LogP contribution in [0.2, 0.25) is 5.02 Å². The van der Waals surface area contributed by atoms with Crippen LogP contribution in [0.3, 0.4) is 0 Å². The number of aryl methyl sites for hydroxylation is 1. The molecule has 0 fully saturated rings. The third-order valence-electron chi connectivity index (χ3n) is 3.22. The summed E-state index contributed by atoms with van der Waals surface area (Å²) in [6.45, 7) is 3.09. The van der Waals surface area contributed by atoms with Gasteiger partial charge in [0.25, 0.3) is 0 Å². The van der Waals surface area contributed by atoms with Gasteiger partial charge in [-0.1, -0.05) is 59.6 Å². The van der Waals surface area contributed by atoms with Gasteiger partial charge in [-0.2, -0.15) is 0 Å². The van der Waals surface area contributed by atoms with Crippen molar-refractivity contribution in [1.29, 1.82) is 0 Å². The molecule has 0 saturated carbocycles. The largest absolute Gasteiger partial charge is 0.338 e. The normalized spacial score (nSPS) is 10.2. The zero-order chi connectivity index (χ0) is 15.1. The summed E-state index contributed by atoms with van der Waals surface area (Å²) in [7, 11) is 0. The molecule has 2 aromatic rings. The molecule has 0 atom stereocenters. The van der Waals surface area contributed by atoms with Crippen LogP contribution < -0.4 is 10.6 Å². The van der Waals surface area contributed by atoms with Gasteiger partial charge in [0, 0.05) is 18.1 Å². The highest BCUT2D eigenvalue weighted by molar-refractivity contribution is 6.31. The number of hydrogen-bond donors (Lipinski definition) is 2. The Morgan fingerprint density at radius 2 is 1.76 bits per heavy atom. The van der Waals surface area contributed by atoms with Crippen LogP contribution in [0.5, 0.6) is 0 Å². The first-order valence-electron chi connectivity index (χ1n) is 6.96. The average molecular weight is 303 g/mol. The van der Waals surface area contributed by atoms with Crippen molar-refractivity contribution in [2.45, 2.75) is 19.9 Å². The van der Waals surface area contributed by atoms with E-state index in [1.807, 2.05) is 24.3 Å². The van der Waals surface area contributed by atoms with E-state index < -0.39 is 0 Å². The van der Waals surface area contributed by atoms with E-state index in [0.29, 0.717) is 18.1 Å². The first-order valence-corrected chi connectivity index (χ1v) is 7.33. The van der Waals surface area contributed by atoms with Gasteiger partial charge >= 0.3 is 6.03 Å². The van der Waals surface area contributed by atoms with Crippen molar-refractivity contribution < 1.29 is 4.79 Å². The minimum Gasteiger partial charge on any atom is -0.338 e. The summed E-state index contributed by atoms with van der Waals surface area (Å²) in [6, 6.07) is 15.6. The van der Waals surface area contributed by atoms with Crippen LogP contribution >= 0.6 is 11.6 Å². The van der Waals surface area contributed by atoms with Gasteiger partial charge in [-0.15, -0.1) is 0 Å². The highest BCUT2D eigenvalue weighted by atomic mass is 35.5. The fourth-order valence-electron chi connectivity index (χ4n) is 1.95. The van der Waals surface area contributed by atoms with E-state index in [0.717, 1.165) is 12.0 Å². The summed E-state index contributed by atoms with van der Waals surface area (Å²) in [5, 5.41) is 6.31. The maximum atomic E-state index is 11.7. The Morgan fingerprint density at radius 3 is 2.48 bits per heavy atom. The Bertz CT molecular complexity index is 596. The van der Waals surface area contributed by atoms with E-state index in [1.54, 1.807) is 0 Å². The van der Waals surface area contributed by atoms with E-state index in [2.05, 4.69) is 41.8 Å². The lowest BCUT2D eigenvalue weighted by Gasteiger charge is -2.09. The molecule has 0 unspecified atom stereocenters. The van der Waals surface area contributed by atoms with Crippen LogP contribution in [0.4, 0.5) is 4.79 Å². The van der Waals surface area contributed by atoms with E-state index in [4.69, 9.17) is 11.6 Å². The maximum absolute atomic E-state index is 11.7. The molecule has 21 heavy (non-hydrogen) atoms. The molecule has 0 aliphatic heterocycles. The molecular formula is C17H19ClN2O. The first kappa shape index (κ1) is 15.4. The van der Waals surface area contributed by atoms with Crippen LogP contribution in [0.1, 0.15) is 16.7 Å². The second kappa shape index (κ2) is 7.70. The maximum Gasteiger partial charge on any atom is 0.315 e. The Balaban J connectivity index is 1.70. The number of benzene rings is 2. The molecule has 0 aromatic heterocycles. The van der Waals surface area contributed by atoms with Gasteiger partial charge in [0.05, 0.1) is 0 Å². The van der Waals surface area contributed by atoms with E-state index in [1.165, 1.54) is 11.1 Å². The molecule has 0 aliphatic rings. The lowest BCUT2D eigenvalue weighted by molar-refractivity contribution is 0.240. The number of nitrogens with one attached hydrogen (secondary N) is 2. The topological polar surface area (TPSA) is 41.1 Å². The zero-order valence-electron chi connectivity index (χ0n) is 12.0. The minimum atomic E-state index is -0.179. The van der Waals surface area contributed by atoms with Crippen molar-refractivity contribution in [3.05, 3.63) is 70.2 Å². The predicted molar refractivity (Wildman–Crippen MR) is 86.6 cm³/mol. The molecule has 0 heterocycles. The number of amides is 2. The van der Waals surface area contributed by atoms with Crippen molar-refractivity contribution in [3.8, 4) is 0 Å². The quantitative estimate of drug-likeness (QED) is 0.869. The lowest BCUT2D eigenvalue weighted by Crippen LogP contribution is -2.36. The Hall–Kier alpha value is -2.00. The standard InChI is InChI=1S/C17H19ClN2O/c1-13-6-8-14(9-7-13)10-11-19-17(21)20-12-15-4-2-3-5-16(15)18/h2-9H,10-12H2,1H3,(H2,19,20,21). The van der Waals surface area contributed by atoms with Gasteiger partial charge < -0.3 is 10.6 Å². The molecule has 0 aliphatic carbocycles. The lowest BCUT2D eigenvalue weighted by atomic mass is 10.1. The second-order valence-electron chi connectivity index (χ2n) is 4.94.